The predicted molar refractivity (Wildman–Crippen MR) is 65.8 cm³/mol. The average molecular weight is 291 g/mol. The second-order valence-corrected chi connectivity index (χ2v) is 6.71. The standard InChI is InChI=1S/C12H20BrNO2/c1-9(13)11(15)16-12(5-6-12)10-3-7-14(2)8-4-10/h9-10H,3-8H2,1-2H3/p+1. The van der Waals surface area contributed by atoms with Crippen LogP contribution in [0.4, 0.5) is 0 Å². The fourth-order valence-electron chi connectivity index (χ4n) is 2.64. The van der Waals surface area contributed by atoms with Crippen molar-refractivity contribution in [3.05, 3.63) is 0 Å². The molecular formula is C12H21BrNO2+. The Labute approximate surface area is 106 Å². The highest BCUT2D eigenvalue weighted by Crippen LogP contribution is 2.49. The highest BCUT2D eigenvalue weighted by Gasteiger charge is 2.54. The molecule has 1 heterocycles. The number of alkyl halides is 1. The summed E-state index contributed by atoms with van der Waals surface area (Å²) in [5, 5.41) is 0. The first kappa shape index (κ1) is 12.4. The van der Waals surface area contributed by atoms with Crippen LogP contribution in [0.25, 0.3) is 0 Å². The Morgan fingerprint density at radius 3 is 2.44 bits per heavy atom. The van der Waals surface area contributed by atoms with Gasteiger partial charge in [0.05, 0.1) is 20.1 Å². The summed E-state index contributed by atoms with van der Waals surface area (Å²) in [5.74, 6) is 0.509. The van der Waals surface area contributed by atoms with Crippen molar-refractivity contribution in [1.82, 2.24) is 0 Å². The molecule has 0 radical (unpaired) electrons. The highest BCUT2D eigenvalue weighted by molar-refractivity contribution is 9.10. The van der Waals surface area contributed by atoms with Gasteiger partial charge in [0.1, 0.15) is 10.4 Å². The second kappa shape index (κ2) is 4.65. The SMILES string of the molecule is CC(Br)C(=O)OC1(C2CC[NH+](C)CC2)CC1. The zero-order chi connectivity index (χ0) is 11.8. The Hall–Kier alpha value is -0.0900. The molecule has 1 unspecified atom stereocenters. The van der Waals surface area contributed by atoms with Gasteiger partial charge in [0.25, 0.3) is 0 Å². The second-order valence-electron chi connectivity index (χ2n) is 5.33. The predicted octanol–water partition coefficient (Wildman–Crippen LogP) is 0.770. The number of rotatable bonds is 3. The molecule has 16 heavy (non-hydrogen) atoms. The van der Waals surface area contributed by atoms with Crippen LogP contribution in [0.1, 0.15) is 32.6 Å². The lowest BCUT2D eigenvalue weighted by Gasteiger charge is -2.32. The van der Waals surface area contributed by atoms with Gasteiger partial charge in [-0.3, -0.25) is 4.79 Å². The quantitative estimate of drug-likeness (QED) is 0.615. The number of hydrogen-bond donors (Lipinski definition) is 1. The van der Waals surface area contributed by atoms with E-state index >= 15 is 0 Å². The van der Waals surface area contributed by atoms with Gasteiger partial charge in [-0.2, -0.15) is 0 Å². The summed E-state index contributed by atoms with van der Waals surface area (Å²) < 4.78 is 5.69. The first-order valence-electron chi connectivity index (χ1n) is 6.22. The van der Waals surface area contributed by atoms with E-state index in [0.29, 0.717) is 5.92 Å². The van der Waals surface area contributed by atoms with Gasteiger partial charge >= 0.3 is 5.97 Å². The van der Waals surface area contributed by atoms with Crippen molar-refractivity contribution in [3.63, 3.8) is 0 Å². The van der Waals surface area contributed by atoms with E-state index in [2.05, 4.69) is 23.0 Å². The Bertz CT molecular complexity index is 268. The van der Waals surface area contributed by atoms with Crippen LogP contribution in [0, 0.1) is 5.92 Å². The van der Waals surface area contributed by atoms with Crippen molar-refractivity contribution in [1.29, 1.82) is 0 Å². The lowest BCUT2D eigenvalue weighted by Crippen LogP contribution is -3.10. The third-order valence-electron chi connectivity index (χ3n) is 3.95. The van der Waals surface area contributed by atoms with E-state index in [-0.39, 0.29) is 16.4 Å². The zero-order valence-electron chi connectivity index (χ0n) is 10.1. The summed E-state index contributed by atoms with van der Waals surface area (Å²) in [4.78, 5) is 13.1. The topological polar surface area (TPSA) is 30.7 Å². The lowest BCUT2D eigenvalue weighted by molar-refractivity contribution is -0.886. The largest absolute Gasteiger partial charge is 0.458 e. The fourth-order valence-corrected chi connectivity index (χ4v) is 2.73. The molecule has 0 aromatic carbocycles. The third-order valence-corrected chi connectivity index (χ3v) is 4.33. The zero-order valence-corrected chi connectivity index (χ0v) is 11.7. The smallest absolute Gasteiger partial charge is 0.319 e. The van der Waals surface area contributed by atoms with Crippen LogP contribution in [0.15, 0.2) is 0 Å². The number of nitrogens with one attached hydrogen (secondary N) is 1. The number of carbonyl (C=O) groups is 1. The summed E-state index contributed by atoms with van der Waals surface area (Å²) in [6.45, 7) is 4.26. The average Bonchev–Trinajstić information content (AvgIpc) is 2.99. The first-order chi connectivity index (χ1) is 7.53. The van der Waals surface area contributed by atoms with Crippen molar-refractivity contribution >= 4 is 21.9 Å². The van der Waals surface area contributed by atoms with Crippen molar-refractivity contribution < 1.29 is 14.4 Å². The van der Waals surface area contributed by atoms with Gasteiger partial charge in [0.15, 0.2) is 0 Å². The van der Waals surface area contributed by atoms with Crippen LogP contribution in [-0.4, -0.2) is 36.5 Å². The van der Waals surface area contributed by atoms with Crippen molar-refractivity contribution in [2.45, 2.75) is 43.0 Å². The molecule has 3 nitrogen and oxygen atoms in total. The molecule has 1 atom stereocenters. The summed E-state index contributed by atoms with van der Waals surface area (Å²) in [7, 11) is 2.24. The van der Waals surface area contributed by atoms with E-state index in [0.717, 1.165) is 12.8 Å². The molecule has 0 aromatic rings. The number of carbonyl (C=O) groups excluding carboxylic acids is 1. The van der Waals surface area contributed by atoms with Crippen LogP contribution in [0.5, 0.6) is 0 Å². The van der Waals surface area contributed by atoms with Gasteiger partial charge in [-0.15, -0.1) is 0 Å². The molecule has 0 bridgehead atoms. The van der Waals surface area contributed by atoms with E-state index in [9.17, 15) is 4.79 Å². The fraction of sp³-hybridized carbons (Fsp3) is 0.917. The first-order valence-corrected chi connectivity index (χ1v) is 7.13. The number of piperidine rings is 1. The lowest BCUT2D eigenvalue weighted by atomic mass is 9.89. The number of halogens is 1. The van der Waals surface area contributed by atoms with Gasteiger partial charge in [-0.25, -0.2) is 0 Å². The van der Waals surface area contributed by atoms with E-state index in [1.807, 2.05) is 6.92 Å². The molecule has 1 saturated heterocycles. The monoisotopic (exact) mass is 290 g/mol. The highest BCUT2D eigenvalue weighted by atomic mass is 79.9. The molecule has 0 spiro atoms. The van der Waals surface area contributed by atoms with Crippen molar-refractivity contribution in [3.8, 4) is 0 Å². The molecule has 0 amide bonds. The summed E-state index contributed by atoms with van der Waals surface area (Å²) >= 11 is 3.28. The Balaban J connectivity index is 1.90. The minimum Gasteiger partial charge on any atom is -0.458 e. The van der Waals surface area contributed by atoms with Crippen LogP contribution in [0.2, 0.25) is 0 Å². The molecule has 2 fully saturated rings. The van der Waals surface area contributed by atoms with E-state index in [4.69, 9.17) is 4.74 Å². The van der Waals surface area contributed by atoms with Crippen LogP contribution in [0.3, 0.4) is 0 Å². The molecule has 1 aliphatic heterocycles. The third kappa shape index (κ3) is 2.59. The normalized spacial score (nSPS) is 34.2. The molecule has 92 valence electrons. The summed E-state index contributed by atoms with van der Waals surface area (Å²) in [6.07, 6.45) is 4.55. The van der Waals surface area contributed by atoms with Crippen molar-refractivity contribution in [2.75, 3.05) is 20.1 Å². The molecule has 2 aliphatic rings. The minimum atomic E-state index is -0.179. The minimum absolute atomic E-state index is 0.0835. The number of quaternary nitrogens is 1. The van der Waals surface area contributed by atoms with Crippen LogP contribution in [-0.2, 0) is 9.53 Å². The molecule has 1 saturated carbocycles. The van der Waals surface area contributed by atoms with E-state index < -0.39 is 0 Å². The summed E-state index contributed by atoms with van der Waals surface area (Å²) in [5.41, 5.74) is -0.0835. The molecule has 4 heteroatoms. The Morgan fingerprint density at radius 1 is 1.44 bits per heavy atom. The maximum Gasteiger partial charge on any atom is 0.319 e. The molecule has 1 N–H and O–H groups in total. The molecule has 0 aromatic heterocycles. The number of hydrogen-bond acceptors (Lipinski definition) is 2. The van der Waals surface area contributed by atoms with E-state index in [1.54, 1.807) is 4.90 Å². The molecular weight excluding hydrogens is 270 g/mol. The summed E-state index contributed by atoms with van der Waals surface area (Å²) in [6, 6.07) is 0. The van der Waals surface area contributed by atoms with Crippen LogP contribution >= 0.6 is 15.9 Å². The molecule has 2 rings (SSSR count). The van der Waals surface area contributed by atoms with Crippen LogP contribution < -0.4 is 4.90 Å². The van der Waals surface area contributed by atoms with Gasteiger partial charge in [-0.1, -0.05) is 15.9 Å². The van der Waals surface area contributed by atoms with Crippen molar-refractivity contribution in [2.24, 2.45) is 5.92 Å². The number of esters is 1. The van der Waals surface area contributed by atoms with Gasteiger partial charge < -0.3 is 9.64 Å². The number of likely N-dealkylation sites (tertiary alicyclic amines) is 1. The Kier molecular flexibility index (Phi) is 3.59. The maximum absolute atomic E-state index is 11.6. The van der Waals surface area contributed by atoms with Gasteiger partial charge in [0.2, 0.25) is 0 Å². The maximum atomic E-state index is 11.6. The van der Waals surface area contributed by atoms with E-state index in [1.165, 1.54) is 25.9 Å². The van der Waals surface area contributed by atoms with Gasteiger partial charge in [-0.05, 0) is 19.8 Å². The van der Waals surface area contributed by atoms with Gasteiger partial charge in [0, 0.05) is 18.8 Å². The molecule has 1 aliphatic carbocycles. The number of ether oxygens (including phenoxy) is 1. The Morgan fingerprint density at radius 2 is 2.00 bits per heavy atom.